The normalized spacial score (nSPS) is 13.3. The smallest absolute Gasteiger partial charge is 0.378 e. The average molecular weight is 1280 g/mol. The lowest BCUT2D eigenvalue weighted by Gasteiger charge is -2.32. The Morgan fingerprint density at radius 3 is 0.511 bits per heavy atom. The lowest BCUT2D eigenvalue weighted by molar-refractivity contribution is -0.382. The molecule has 0 atom stereocenters. The third-order valence-electron chi connectivity index (χ3n) is 13.8. The summed E-state index contributed by atoms with van der Waals surface area (Å²) in [5, 5.41) is -14.1. The first-order chi connectivity index (χ1) is 41.0. The minimum absolute atomic E-state index is 0.292. The molecule has 0 N–H and O–H groups in total. The number of rotatable bonds is 18. The van der Waals surface area contributed by atoms with Crippen LogP contribution in [0.5, 0.6) is 11.5 Å². The van der Waals surface area contributed by atoms with Gasteiger partial charge in [0.1, 0.15) is 11.5 Å². The number of hydrogen-bond acceptors (Lipinski definition) is 6. The van der Waals surface area contributed by atoms with Crippen LogP contribution in [0.25, 0.3) is 89.0 Å². The van der Waals surface area contributed by atoms with E-state index in [1.807, 2.05) is 97.1 Å². The van der Waals surface area contributed by atoms with E-state index in [9.17, 15) is 95.9 Å². The Balaban J connectivity index is 0.901. The summed E-state index contributed by atoms with van der Waals surface area (Å²) in [4.78, 5) is 0. The van der Waals surface area contributed by atoms with Crippen molar-refractivity contribution in [2.75, 3.05) is 0 Å². The second-order valence-electron chi connectivity index (χ2n) is 19.4. The Hall–Kier alpha value is -8.78. The first kappa shape index (κ1) is 63.7. The number of halogens is 18. The van der Waals surface area contributed by atoms with Crippen molar-refractivity contribution >= 4 is 20.2 Å². The van der Waals surface area contributed by atoms with Gasteiger partial charge in [0.2, 0.25) is 0 Å². The predicted octanol–water partition coefficient (Wildman–Crippen LogP) is 19.3. The molecular weight excluding hydrogens is 1250 g/mol. The van der Waals surface area contributed by atoms with Gasteiger partial charge in [-0.1, -0.05) is 194 Å². The molecule has 0 saturated heterocycles. The van der Waals surface area contributed by atoms with Gasteiger partial charge in [-0.05, 0) is 113 Å². The molecule has 0 radical (unpaired) electrons. The van der Waals surface area contributed by atoms with E-state index in [-0.39, 0.29) is 0 Å². The second-order valence-corrected chi connectivity index (χ2v) is 22.5. The zero-order chi connectivity index (χ0) is 64.3. The van der Waals surface area contributed by atoms with Gasteiger partial charge in [-0.2, -0.15) is 95.9 Å². The van der Waals surface area contributed by atoms with Crippen molar-refractivity contribution in [3.63, 3.8) is 0 Å². The van der Waals surface area contributed by atoms with Crippen LogP contribution in [0, 0.1) is 0 Å². The summed E-state index contributed by atoms with van der Waals surface area (Å²) in [6.45, 7) is 0. The van der Waals surface area contributed by atoms with E-state index in [0.717, 1.165) is 68.8 Å². The maximum atomic E-state index is 14.3. The van der Waals surface area contributed by atoms with Crippen molar-refractivity contribution < 1.29 is 104 Å². The summed E-state index contributed by atoms with van der Waals surface area (Å²) in [6, 6.07) is 58.2. The maximum absolute atomic E-state index is 14.3. The molecule has 0 unspecified atom stereocenters. The van der Waals surface area contributed by atoms with Crippen molar-refractivity contribution in [2.45, 2.75) is 46.6 Å². The summed E-state index contributed by atoms with van der Waals surface area (Å²) in [5.41, 5.74) is 10.7. The van der Waals surface area contributed by atoms with Crippen LogP contribution in [0.15, 0.2) is 218 Å². The summed E-state index contributed by atoms with van der Waals surface area (Å²) in [7, 11) is -14.3. The molecular formula is C62H36F18O6S2. The van der Waals surface area contributed by atoms with Crippen molar-refractivity contribution in [2.24, 2.45) is 0 Å². The van der Waals surface area contributed by atoms with Gasteiger partial charge in [0.05, 0.1) is 0 Å². The molecule has 0 fully saturated rings. The first-order valence-electron chi connectivity index (χ1n) is 25.1. The minimum Gasteiger partial charge on any atom is -0.378 e. The maximum Gasteiger partial charge on any atom is 0.460 e. The molecule has 9 rings (SSSR count). The third kappa shape index (κ3) is 11.3. The zero-order valence-corrected chi connectivity index (χ0v) is 45.5. The SMILES string of the molecule is O=S(=O)(Oc1ccc(-c2ccccc2-c2ccc(-c3ccccc3-c3ccc(-c4ccccc4-c4ccc(-c5ccccc5-c5ccc(OS(=O)(=O)C(F)(F)C(F)(F)C(F)(F)C(F)(F)F)cc5)cc4)cc3)cc2)cc1)C(F)(F)C(F)(F)C(F)(F)C(F)(F)F. The molecule has 9 aromatic carbocycles. The Bertz CT molecular complexity index is 3980. The fourth-order valence-corrected chi connectivity index (χ4v) is 11.0. The molecule has 0 spiro atoms. The summed E-state index contributed by atoms with van der Waals surface area (Å²) >= 11 is 0. The number of benzene rings is 9. The van der Waals surface area contributed by atoms with E-state index in [2.05, 4.69) is 8.37 Å². The van der Waals surface area contributed by atoms with E-state index < -0.39 is 78.3 Å². The Kier molecular flexibility index (Phi) is 16.5. The van der Waals surface area contributed by atoms with Gasteiger partial charge in [-0.3, -0.25) is 0 Å². The highest BCUT2D eigenvalue weighted by molar-refractivity contribution is 7.88. The molecule has 0 aromatic heterocycles. The number of alkyl halides is 18. The van der Waals surface area contributed by atoms with E-state index in [1.165, 1.54) is 0 Å². The van der Waals surface area contributed by atoms with Gasteiger partial charge < -0.3 is 8.37 Å². The zero-order valence-electron chi connectivity index (χ0n) is 43.9. The largest absolute Gasteiger partial charge is 0.460 e. The molecule has 88 heavy (non-hydrogen) atoms. The number of hydrogen-bond donors (Lipinski definition) is 0. The Morgan fingerprint density at radius 1 is 0.216 bits per heavy atom. The highest BCUT2D eigenvalue weighted by atomic mass is 32.2. The molecule has 0 saturated carbocycles. The predicted molar refractivity (Wildman–Crippen MR) is 291 cm³/mol. The molecule has 26 heteroatoms. The van der Waals surface area contributed by atoms with Crippen LogP contribution in [-0.2, 0) is 20.2 Å². The fourth-order valence-electron chi connectivity index (χ4n) is 9.21. The standard InChI is InChI=1S/C62H36F18O6S2/c63-55(64,59(71,72)73)57(67,68)61(77,78)87(81,82)85-45-33-29-43(30-34-45)53-15-7-5-13-51(53)41-25-21-39(22-26-41)49-11-3-1-9-47(49)37-17-19-38(20-18-37)48-10-2-4-12-50(48)40-23-27-42(28-24-40)52-14-6-8-16-54(52)44-31-35-46(36-32-44)86-88(83,84)62(79,80)58(69,70)56(65,66)60(74,75)76/h1-36H. The molecule has 9 aromatic rings. The molecule has 6 nitrogen and oxygen atoms in total. The van der Waals surface area contributed by atoms with E-state index >= 15 is 0 Å². The van der Waals surface area contributed by atoms with Gasteiger partial charge in [0, 0.05) is 0 Å². The molecule has 0 aliphatic rings. The van der Waals surface area contributed by atoms with Crippen LogP contribution in [-0.4, -0.2) is 63.4 Å². The van der Waals surface area contributed by atoms with Gasteiger partial charge in [-0.25, -0.2) is 0 Å². The highest BCUT2D eigenvalue weighted by Gasteiger charge is 2.87. The van der Waals surface area contributed by atoms with Gasteiger partial charge in [-0.15, -0.1) is 0 Å². The molecule has 458 valence electrons. The van der Waals surface area contributed by atoms with E-state index in [4.69, 9.17) is 0 Å². The quantitative estimate of drug-likeness (QED) is 0.0628. The van der Waals surface area contributed by atoms with Crippen molar-refractivity contribution in [1.29, 1.82) is 0 Å². The minimum atomic E-state index is -7.47. The molecule has 0 amide bonds. The lowest BCUT2D eigenvalue weighted by Crippen LogP contribution is -2.63. The molecule has 0 aliphatic carbocycles. The van der Waals surface area contributed by atoms with Crippen molar-refractivity contribution in [3.8, 4) is 101 Å². The first-order valence-corrected chi connectivity index (χ1v) is 28.0. The highest BCUT2D eigenvalue weighted by Crippen LogP contribution is 2.57. The van der Waals surface area contributed by atoms with E-state index in [1.54, 1.807) is 72.8 Å². The molecule has 0 heterocycles. The average Bonchev–Trinajstić information content (AvgIpc) is 1.12. The lowest BCUT2D eigenvalue weighted by atomic mass is 9.89. The van der Waals surface area contributed by atoms with Crippen molar-refractivity contribution in [3.05, 3.63) is 218 Å². The van der Waals surface area contributed by atoms with Gasteiger partial charge in [0.25, 0.3) is 0 Å². The second kappa shape index (κ2) is 22.7. The summed E-state index contributed by atoms with van der Waals surface area (Å²) in [5.74, 6) is -32.1. The monoisotopic (exact) mass is 1280 g/mol. The van der Waals surface area contributed by atoms with Crippen molar-refractivity contribution in [1.82, 2.24) is 0 Å². The molecule has 0 aliphatic heterocycles. The molecule has 0 bridgehead atoms. The van der Waals surface area contributed by atoms with Crippen LogP contribution < -0.4 is 8.37 Å². The van der Waals surface area contributed by atoms with Crippen LogP contribution in [0.3, 0.4) is 0 Å². The van der Waals surface area contributed by atoms with Gasteiger partial charge in [0.15, 0.2) is 0 Å². The van der Waals surface area contributed by atoms with E-state index in [0.29, 0.717) is 68.8 Å². The van der Waals surface area contributed by atoms with Crippen LogP contribution in [0.4, 0.5) is 79.0 Å². The van der Waals surface area contributed by atoms with Crippen LogP contribution >= 0.6 is 0 Å². The van der Waals surface area contributed by atoms with Gasteiger partial charge >= 0.3 is 66.8 Å². The topological polar surface area (TPSA) is 86.7 Å². The van der Waals surface area contributed by atoms with Crippen LogP contribution in [0.1, 0.15) is 0 Å². The summed E-state index contributed by atoms with van der Waals surface area (Å²) in [6.07, 6.45) is -14.5. The fraction of sp³-hybridized carbons (Fsp3) is 0.129. The third-order valence-corrected chi connectivity index (χ3v) is 16.4. The van der Waals surface area contributed by atoms with Crippen LogP contribution in [0.2, 0.25) is 0 Å². The summed E-state index contributed by atoms with van der Waals surface area (Å²) < 4.78 is 299. The Morgan fingerprint density at radius 2 is 0.364 bits per heavy atom. The Labute approximate surface area is 488 Å².